The Morgan fingerprint density at radius 1 is 1.07 bits per heavy atom. The first-order valence-corrected chi connectivity index (χ1v) is 11.5. The average Bonchev–Trinajstić information content (AvgIpc) is 2.97. The second-order valence-electron chi connectivity index (χ2n) is 7.17. The molecule has 0 spiro atoms. The molecule has 0 aromatic heterocycles. The molecule has 3 rings (SSSR count). The standard InChI is InChI=1S/C22H27N3O3S/c1-3-5-10-19(22(26)23-17-14-12-16(8-4-2)13-15-17)24-21-18-9-6-7-11-20(18)29(27,28)25-21/h6-7,9,11-15,19H,3-5,8,10H2,1-2H3,(H,23,26)(H,24,25). The fourth-order valence-corrected chi connectivity index (χ4v) is 4.55. The summed E-state index contributed by atoms with van der Waals surface area (Å²) in [6.07, 6.45) is 4.35. The second-order valence-corrected chi connectivity index (χ2v) is 8.82. The number of aliphatic imine (C=N–C) groups is 1. The molecular weight excluding hydrogens is 386 g/mol. The molecule has 2 aromatic rings. The summed E-state index contributed by atoms with van der Waals surface area (Å²) in [6.45, 7) is 4.17. The lowest BCUT2D eigenvalue weighted by Crippen LogP contribution is -2.30. The number of benzene rings is 2. The molecule has 29 heavy (non-hydrogen) atoms. The van der Waals surface area contributed by atoms with Crippen LogP contribution in [0.4, 0.5) is 5.69 Å². The summed E-state index contributed by atoms with van der Waals surface area (Å²) in [5.41, 5.74) is 2.44. The smallest absolute Gasteiger partial charge is 0.263 e. The van der Waals surface area contributed by atoms with Crippen LogP contribution in [0.15, 0.2) is 58.4 Å². The fraction of sp³-hybridized carbons (Fsp3) is 0.364. The van der Waals surface area contributed by atoms with Crippen LogP contribution >= 0.6 is 0 Å². The topological polar surface area (TPSA) is 87.6 Å². The number of hydrogen-bond donors (Lipinski definition) is 2. The summed E-state index contributed by atoms with van der Waals surface area (Å²) in [6, 6.07) is 13.8. The van der Waals surface area contributed by atoms with Gasteiger partial charge in [0.15, 0.2) is 0 Å². The van der Waals surface area contributed by atoms with Gasteiger partial charge >= 0.3 is 0 Å². The Bertz CT molecular complexity index is 998. The zero-order valence-corrected chi connectivity index (χ0v) is 17.6. The number of anilines is 1. The highest BCUT2D eigenvalue weighted by Gasteiger charge is 2.31. The van der Waals surface area contributed by atoms with Gasteiger partial charge in [-0.1, -0.05) is 57.4 Å². The monoisotopic (exact) mass is 413 g/mol. The maximum absolute atomic E-state index is 12.9. The number of hydrogen-bond acceptors (Lipinski definition) is 4. The van der Waals surface area contributed by atoms with E-state index in [1.165, 1.54) is 5.56 Å². The van der Waals surface area contributed by atoms with E-state index in [9.17, 15) is 13.2 Å². The molecule has 0 saturated heterocycles. The van der Waals surface area contributed by atoms with E-state index in [0.717, 1.165) is 25.7 Å². The summed E-state index contributed by atoms with van der Waals surface area (Å²) in [5, 5.41) is 2.92. The Morgan fingerprint density at radius 3 is 2.48 bits per heavy atom. The van der Waals surface area contributed by atoms with Gasteiger partial charge in [0, 0.05) is 11.3 Å². The van der Waals surface area contributed by atoms with Gasteiger partial charge < -0.3 is 5.32 Å². The van der Waals surface area contributed by atoms with Crippen molar-refractivity contribution >= 4 is 27.5 Å². The van der Waals surface area contributed by atoms with Crippen LogP contribution in [-0.2, 0) is 21.2 Å². The molecule has 0 aliphatic carbocycles. The van der Waals surface area contributed by atoms with E-state index in [0.29, 0.717) is 17.7 Å². The molecule has 0 saturated carbocycles. The molecule has 1 aliphatic rings. The van der Waals surface area contributed by atoms with Crippen molar-refractivity contribution in [3.05, 3.63) is 59.7 Å². The first kappa shape index (κ1) is 21.0. The number of nitrogens with zero attached hydrogens (tertiary/aromatic N) is 1. The minimum Gasteiger partial charge on any atom is -0.324 e. The molecule has 1 heterocycles. The number of sulfonamides is 1. The van der Waals surface area contributed by atoms with Gasteiger partial charge in [-0.05, 0) is 42.7 Å². The molecule has 7 heteroatoms. The van der Waals surface area contributed by atoms with Crippen molar-refractivity contribution in [1.29, 1.82) is 0 Å². The van der Waals surface area contributed by atoms with Gasteiger partial charge in [0.1, 0.15) is 11.9 Å². The van der Waals surface area contributed by atoms with Gasteiger partial charge in [-0.15, -0.1) is 0 Å². The number of nitrogens with one attached hydrogen (secondary N) is 2. The van der Waals surface area contributed by atoms with Gasteiger partial charge in [-0.25, -0.2) is 8.42 Å². The highest BCUT2D eigenvalue weighted by molar-refractivity contribution is 7.90. The Morgan fingerprint density at radius 2 is 1.79 bits per heavy atom. The fourth-order valence-electron chi connectivity index (χ4n) is 3.31. The summed E-state index contributed by atoms with van der Waals surface area (Å²) in [5.74, 6) is -0.00656. The van der Waals surface area contributed by atoms with E-state index in [1.54, 1.807) is 24.3 Å². The van der Waals surface area contributed by atoms with E-state index in [4.69, 9.17) is 0 Å². The van der Waals surface area contributed by atoms with Crippen molar-refractivity contribution in [2.75, 3.05) is 5.32 Å². The molecule has 0 fully saturated rings. The molecular formula is C22H27N3O3S. The summed E-state index contributed by atoms with van der Waals surface area (Å²) < 4.78 is 27.1. The van der Waals surface area contributed by atoms with Crippen molar-refractivity contribution in [3.8, 4) is 0 Å². The zero-order chi connectivity index (χ0) is 20.9. The number of amides is 1. The first-order chi connectivity index (χ1) is 13.9. The summed E-state index contributed by atoms with van der Waals surface area (Å²) in [7, 11) is -3.63. The van der Waals surface area contributed by atoms with Crippen LogP contribution in [0.3, 0.4) is 0 Å². The maximum atomic E-state index is 12.9. The number of carbonyl (C=O) groups is 1. The number of rotatable bonds is 8. The largest absolute Gasteiger partial charge is 0.324 e. The maximum Gasteiger partial charge on any atom is 0.263 e. The average molecular weight is 414 g/mol. The third-order valence-corrected chi connectivity index (χ3v) is 6.24. The Labute approximate surface area is 172 Å². The number of unbranched alkanes of at least 4 members (excludes halogenated alkanes) is 1. The predicted octanol–water partition coefficient (Wildman–Crippen LogP) is 3.88. The number of aryl methyl sites for hydroxylation is 1. The van der Waals surface area contributed by atoms with Gasteiger partial charge in [0.25, 0.3) is 10.0 Å². The van der Waals surface area contributed by atoms with Crippen LogP contribution in [0.25, 0.3) is 0 Å². The van der Waals surface area contributed by atoms with Crippen LogP contribution < -0.4 is 10.0 Å². The molecule has 2 N–H and O–H groups in total. The van der Waals surface area contributed by atoms with Gasteiger partial charge in [0.05, 0.1) is 4.90 Å². The molecule has 1 atom stereocenters. The highest BCUT2D eigenvalue weighted by atomic mass is 32.2. The van der Waals surface area contributed by atoms with Gasteiger partial charge in [-0.3, -0.25) is 14.5 Å². The van der Waals surface area contributed by atoms with E-state index < -0.39 is 16.1 Å². The lowest BCUT2D eigenvalue weighted by atomic mass is 10.1. The van der Waals surface area contributed by atoms with E-state index in [1.807, 2.05) is 31.2 Å². The zero-order valence-electron chi connectivity index (χ0n) is 16.8. The highest BCUT2D eigenvalue weighted by Crippen LogP contribution is 2.23. The molecule has 1 unspecified atom stereocenters. The Balaban J connectivity index is 1.83. The van der Waals surface area contributed by atoms with Crippen LogP contribution in [-0.4, -0.2) is 26.2 Å². The van der Waals surface area contributed by atoms with Crippen LogP contribution in [0, 0.1) is 0 Å². The van der Waals surface area contributed by atoms with Crippen LogP contribution in [0.2, 0.25) is 0 Å². The molecule has 2 aromatic carbocycles. The van der Waals surface area contributed by atoms with Crippen LogP contribution in [0.5, 0.6) is 0 Å². The quantitative estimate of drug-likeness (QED) is 0.688. The number of amidine groups is 1. The van der Waals surface area contributed by atoms with E-state index in [2.05, 4.69) is 22.0 Å². The van der Waals surface area contributed by atoms with Crippen LogP contribution in [0.1, 0.15) is 50.7 Å². The van der Waals surface area contributed by atoms with Gasteiger partial charge in [0.2, 0.25) is 5.91 Å². The molecule has 154 valence electrons. The van der Waals surface area contributed by atoms with Crippen molar-refractivity contribution in [2.24, 2.45) is 4.99 Å². The number of fused-ring (bicyclic) bond motifs is 1. The number of carbonyl (C=O) groups excluding carboxylic acids is 1. The molecule has 1 aliphatic heterocycles. The van der Waals surface area contributed by atoms with Crippen molar-refractivity contribution in [1.82, 2.24) is 4.72 Å². The minimum absolute atomic E-state index is 0.194. The van der Waals surface area contributed by atoms with Crippen molar-refractivity contribution in [2.45, 2.75) is 56.9 Å². The Kier molecular flexibility index (Phi) is 6.69. The Hall–Kier alpha value is -2.67. The first-order valence-electron chi connectivity index (χ1n) is 10.0. The third kappa shape index (κ3) is 5.03. The van der Waals surface area contributed by atoms with Gasteiger partial charge in [-0.2, -0.15) is 0 Å². The summed E-state index contributed by atoms with van der Waals surface area (Å²) in [4.78, 5) is 17.6. The molecule has 6 nitrogen and oxygen atoms in total. The van der Waals surface area contributed by atoms with Crippen molar-refractivity contribution < 1.29 is 13.2 Å². The molecule has 0 bridgehead atoms. The van der Waals surface area contributed by atoms with E-state index >= 15 is 0 Å². The molecule has 0 radical (unpaired) electrons. The SMILES string of the molecule is CCCCC(N=C1NS(=O)(=O)c2ccccc21)C(=O)Nc1ccc(CCC)cc1. The lowest BCUT2D eigenvalue weighted by molar-refractivity contribution is -0.117. The summed E-state index contributed by atoms with van der Waals surface area (Å²) >= 11 is 0. The predicted molar refractivity (Wildman–Crippen MR) is 116 cm³/mol. The third-order valence-electron chi connectivity index (χ3n) is 4.84. The van der Waals surface area contributed by atoms with Crippen molar-refractivity contribution in [3.63, 3.8) is 0 Å². The second kappa shape index (κ2) is 9.22. The molecule has 1 amide bonds. The lowest BCUT2D eigenvalue weighted by Gasteiger charge is -2.14. The minimum atomic E-state index is -3.63. The normalized spacial score (nSPS) is 16.8. The van der Waals surface area contributed by atoms with E-state index in [-0.39, 0.29) is 16.6 Å².